The molecule has 138 valence electrons. The zero-order valence-corrected chi connectivity index (χ0v) is 16.4. The van der Waals surface area contributed by atoms with Gasteiger partial charge in [-0.25, -0.2) is 0 Å². The molecule has 0 aliphatic heterocycles. The fourth-order valence-electron chi connectivity index (χ4n) is 2.16. The van der Waals surface area contributed by atoms with Crippen LogP contribution in [0.5, 0.6) is 0 Å². The normalized spacial score (nSPS) is 13.4. The Morgan fingerprint density at radius 3 is 1.96 bits per heavy atom. The van der Waals surface area contributed by atoms with Crippen molar-refractivity contribution in [2.75, 3.05) is 5.75 Å². The van der Waals surface area contributed by atoms with Crippen molar-refractivity contribution >= 4 is 17.7 Å². The first-order valence-corrected chi connectivity index (χ1v) is 10.5. The summed E-state index contributed by atoms with van der Waals surface area (Å²) in [4.78, 5) is 10.7. The number of unbranched alkanes of at least 4 members (excludes halogenated alkanes) is 6. The van der Waals surface area contributed by atoms with Crippen LogP contribution < -0.4 is 0 Å². The van der Waals surface area contributed by atoms with Crippen molar-refractivity contribution in [3.63, 3.8) is 0 Å². The summed E-state index contributed by atoms with van der Waals surface area (Å²) in [5.41, 5.74) is 0. The second-order valence-corrected chi connectivity index (χ2v) is 7.53. The lowest BCUT2D eigenvalue weighted by Crippen LogP contribution is -2.11. The lowest BCUT2D eigenvalue weighted by Gasteiger charge is -2.04. The van der Waals surface area contributed by atoms with E-state index >= 15 is 0 Å². The van der Waals surface area contributed by atoms with Gasteiger partial charge in [0, 0.05) is 0 Å². The van der Waals surface area contributed by atoms with Crippen LogP contribution in [-0.2, 0) is 4.79 Å². The van der Waals surface area contributed by atoms with Gasteiger partial charge in [0.2, 0.25) is 0 Å². The summed E-state index contributed by atoms with van der Waals surface area (Å²) in [6.45, 7) is 3.99. The summed E-state index contributed by atoms with van der Waals surface area (Å²) >= 11 is 1.54. The number of carboxylic acids is 1. The molecule has 0 aliphatic rings. The molecular weight excluding hydrogens is 316 g/mol. The third-order valence-electron chi connectivity index (χ3n) is 3.75. The maximum absolute atomic E-state index is 10.7. The number of thioether (sulfide) groups is 1. The molecule has 0 radical (unpaired) electrons. The number of hydrogen-bond acceptors (Lipinski definition) is 2. The summed E-state index contributed by atoms with van der Waals surface area (Å²) < 4.78 is 0. The SMILES string of the molecule is CCCCCC=CCC=CC/C=C\CCCCCSC(C)C(=O)O. The van der Waals surface area contributed by atoms with Crippen LogP contribution in [0.2, 0.25) is 0 Å². The molecule has 0 amide bonds. The van der Waals surface area contributed by atoms with Gasteiger partial charge < -0.3 is 5.11 Å². The fraction of sp³-hybridized carbons (Fsp3) is 0.667. The minimum Gasteiger partial charge on any atom is -0.480 e. The van der Waals surface area contributed by atoms with E-state index in [1.165, 1.54) is 50.3 Å². The molecule has 0 saturated carbocycles. The van der Waals surface area contributed by atoms with Crippen LogP contribution in [-0.4, -0.2) is 22.1 Å². The van der Waals surface area contributed by atoms with E-state index < -0.39 is 5.97 Å². The Kier molecular flexibility index (Phi) is 17.6. The zero-order chi connectivity index (χ0) is 17.9. The third-order valence-corrected chi connectivity index (χ3v) is 4.98. The van der Waals surface area contributed by atoms with Crippen LogP contribution in [0.15, 0.2) is 36.5 Å². The Hall–Kier alpha value is -0.960. The lowest BCUT2D eigenvalue weighted by molar-refractivity contribution is -0.136. The average Bonchev–Trinajstić information content (AvgIpc) is 2.57. The number of aliphatic carboxylic acids is 1. The molecule has 0 rings (SSSR count). The lowest BCUT2D eigenvalue weighted by atomic mass is 10.2. The Balaban J connectivity index is 3.34. The predicted octanol–water partition coefficient (Wildman–Crippen LogP) is 6.78. The summed E-state index contributed by atoms with van der Waals surface area (Å²) in [7, 11) is 0. The summed E-state index contributed by atoms with van der Waals surface area (Å²) in [5.74, 6) is 0.245. The van der Waals surface area contributed by atoms with E-state index in [9.17, 15) is 4.79 Å². The van der Waals surface area contributed by atoms with Gasteiger partial charge in [0.15, 0.2) is 0 Å². The molecule has 0 aromatic carbocycles. The van der Waals surface area contributed by atoms with Crippen molar-refractivity contribution in [3.05, 3.63) is 36.5 Å². The van der Waals surface area contributed by atoms with E-state index in [1.807, 2.05) is 0 Å². The standard InChI is InChI=1S/C21H36O2S/c1-3-4-5-6-7-8-9-10-11-12-13-14-15-16-17-18-19-24-20(2)21(22)23/h7-8,10-11,13-14,20H,3-6,9,12,15-19H2,1-2H3,(H,22,23)/b8-7?,11-10?,14-13-. The first-order chi connectivity index (χ1) is 11.7. The van der Waals surface area contributed by atoms with Crippen molar-refractivity contribution in [1.29, 1.82) is 0 Å². The van der Waals surface area contributed by atoms with Gasteiger partial charge in [-0.3, -0.25) is 4.79 Å². The molecule has 0 aromatic rings. The molecular formula is C21H36O2S. The molecule has 0 aliphatic carbocycles. The van der Waals surface area contributed by atoms with Crippen LogP contribution in [0.1, 0.15) is 78.1 Å². The molecule has 1 unspecified atom stereocenters. The van der Waals surface area contributed by atoms with Gasteiger partial charge in [-0.2, -0.15) is 0 Å². The zero-order valence-electron chi connectivity index (χ0n) is 15.6. The second-order valence-electron chi connectivity index (χ2n) is 6.08. The van der Waals surface area contributed by atoms with E-state index in [4.69, 9.17) is 5.11 Å². The van der Waals surface area contributed by atoms with Gasteiger partial charge in [0.1, 0.15) is 0 Å². The fourth-order valence-corrected chi connectivity index (χ4v) is 3.03. The molecule has 0 aromatic heterocycles. The highest BCUT2D eigenvalue weighted by molar-refractivity contribution is 8.00. The first kappa shape index (κ1) is 23.0. The summed E-state index contributed by atoms with van der Waals surface area (Å²) in [6.07, 6.45) is 25.4. The minimum atomic E-state index is -0.706. The summed E-state index contributed by atoms with van der Waals surface area (Å²) in [6, 6.07) is 0. The number of rotatable bonds is 16. The number of carbonyl (C=O) groups is 1. The van der Waals surface area contributed by atoms with Gasteiger partial charge in [-0.1, -0.05) is 62.6 Å². The molecule has 2 nitrogen and oxygen atoms in total. The maximum Gasteiger partial charge on any atom is 0.316 e. The largest absolute Gasteiger partial charge is 0.480 e. The van der Waals surface area contributed by atoms with Crippen molar-refractivity contribution in [2.24, 2.45) is 0 Å². The van der Waals surface area contributed by atoms with Crippen LogP contribution in [0.3, 0.4) is 0 Å². The maximum atomic E-state index is 10.7. The molecule has 1 N–H and O–H groups in total. The Morgan fingerprint density at radius 1 is 0.875 bits per heavy atom. The quantitative estimate of drug-likeness (QED) is 0.246. The predicted molar refractivity (Wildman–Crippen MR) is 109 cm³/mol. The first-order valence-electron chi connectivity index (χ1n) is 9.47. The van der Waals surface area contributed by atoms with Crippen LogP contribution in [0.4, 0.5) is 0 Å². The molecule has 0 fully saturated rings. The van der Waals surface area contributed by atoms with Crippen LogP contribution in [0.25, 0.3) is 0 Å². The molecule has 0 saturated heterocycles. The number of carboxylic acid groups (broad SMARTS) is 1. The topological polar surface area (TPSA) is 37.3 Å². The van der Waals surface area contributed by atoms with Gasteiger partial charge in [-0.05, 0) is 57.6 Å². The Morgan fingerprint density at radius 2 is 1.42 bits per heavy atom. The van der Waals surface area contributed by atoms with Gasteiger partial charge in [0.25, 0.3) is 0 Å². The third kappa shape index (κ3) is 17.4. The van der Waals surface area contributed by atoms with Crippen LogP contribution >= 0.6 is 11.8 Å². The van der Waals surface area contributed by atoms with Crippen molar-refractivity contribution in [1.82, 2.24) is 0 Å². The monoisotopic (exact) mass is 352 g/mol. The van der Waals surface area contributed by atoms with Crippen molar-refractivity contribution in [2.45, 2.75) is 83.3 Å². The molecule has 0 spiro atoms. The molecule has 1 atom stereocenters. The van der Waals surface area contributed by atoms with E-state index in [0.29, 0.717) is 0 Å². The molecule has 3 heteroatoms. The van der Waals surface area contributed by atoms with Gasteiger partial charge in [-0.15, -0.1) is 11.8 Å². The van der Waals surface area contributed by atoms with Crippen molar-refractivity contribution < 1.29 is 9.90 Å². The average molecular weight is 353 g/mol. The highest BCUT2D eigenvalue weighted by Gasteiger charge is 2.09. The highest BCUT2D eigenvalue weighted by Crippen LogP contribution is 2.14. The Bertz CT molecular complexity index is 372. The number of hydrogen-bond donors (Lipinski definition) is 1. The van der Waals surface area contributed by atoms with E-state index in [0.717, 1.165) is 31.4 Å². The molecule has 24 heavy (non-hydrogen) atoms. The molecule has 0 heterocycles. The minimum absolute atomic E-state index is 0.275. The summed E-state index contributed by atoms with van der Waals surface area (Å²) in [5, 5.41) is 8.50. The van der Waals surface area contributed by atoms with E-state index in [1.54, 1.807) is 6.92 Å². The van der Waals surface area contributed by atoms with Gasteiger partial charge in [0.05, 0.1) is 5.25 Å². The van der Waals surface area contributed by atoms with E-state index in [-0.39, 0.29) is 5.25 Å². The smallest absolute Gasteiger partial charge is 0.316 e. The molecule has 0 bridgehead atoms. The Labute approximate surface area is 153 Å². The van der Waals surface area contributed by atoms with Crippen LogP contribution in [0, 0.1) is 0 Å². The van der Waals surface area contributed by atoms with Crippen molar-refractivity contribution in [3.8, 4) is 0 Å². The highest BCUT2D eigenvalue weighted by atomic mass is 32.2. The van der Waals surface area contributed by atoms with E-state index in [2.05, 4.69) is 43.4 Å². The second kappa shape index (κ2) is 18.4. The van der Waals surface area contributed by atoms with Gasteiger partial charge >= 0.3 is 5.97 Å². The number of allylic oxidation sites excluding steroid dienone is 6.